The number of hydrogen-bond acceptors (Lipinski definition) is 4. The highest BCUT2D eigenvalue weighted by Gasteiger charge is 2.26. The van der Waals surface area contributed by atoms with Crippen molar-refractivity contribution in [2.75, 3.05) is 6.54 Å². The van der Waals surface area contributed by atoms with E-state index < -0.39 is 9.84 Å². The number of hydrogen-bond donors (Lipinski definition) is 0. The van der Waals surface area contributed by atoms with E-state index in [4.69, 9.17) is 0 Å². The van der Waals surface area contributed by atoms with E-state index in [2.05, 4.69) is 11.6 Å². The van der Waals surface area contributed by atoms with Gasteiger partial charge in [-0.2, -0.15) is 0 Å². The van der Waals surface area contributed by atoms with Gasteiger partial charge in [-0.3, -0.25) is 4.79 Å². The van der Waals surface area contributed by atoms with Crippen LogP contribution in [0.1, 0.15) is 57.0 Å². The molecule has 0 radical (unpaired) electrons. The Labute approximate surface area is 180 Å². The van der Waals surface area contributed by atoms with Crippen LogP contribution in [0.5, 0.6) is 0 Å². The molecule has 0 fully saturated rings. The van der Waals surface area contributed by atoms with Gasteiger partial charge in [-0.1, -0.05) is 49.8 Å². The number of rotatable bonds is 10. The van der Waals surface area contributed by atoms with Crippen LogP contribution < -0.4 is 0 Å². The van der Waals surface area contributed by atoms with E-state index in [-0.39, 0.29) is 28.8 Å². The van der Waals surface area contributed by atoms with Crippen molar-refractivity contribution in [2.24, 2.45) is 5.92 Å². The van der Waals surface area contributed by atoms with Gasteiger partial charge in [0.25, 0.3) is 0 Å². The van der Waals surface area contributed by atoms with E-state index >= 15 is 0 Å². The lowest BCUT2D eigenvalue weighted by Crippen LogP contribution is -2.32. The molecule has 1 heterocycles. The Morgan fingerprint density at radius 3 is 2.37 bits per heavy atom. The lowest BCUT2D eigenvalue weighted by molar-refractivity contribution is -0.132. The van der Waals surface area contributed by atoms with Crippen LogP contribution in [0.4, 0.5) is 0 Å². The Hall–Kier alpha value is -2.41. The minimum Gasteiger partial charge on any atom is -0.333 e. The third-order valence-electron chi connectivity index (χ3n) is 4.75. The third kappa shape index (κ3) is 6.05. The predicted molar refractivity (Wildman–Crippen MR) is 120 cm³/mol. The summed E-state index contributed by atoms with van der Waals surface area (Å²) < 4.78 is 28.0. The van der Waals surface area contributed by atoms with Crippen molar-refractivity contribution in [1.29, 1.82) is 0 Å². The van der Waals surface area contributed by atoms with Crippen molar-refractivity contribution >= 4 is 15.7 Å². The van der Waals surface area contributed by atoms with E-state index in [0.717, 1.165) is 11.1 Å². The molecule has 0 unspecified atom stereocenters. The molecule has 1 aromatic carbocycles. The number of carbonyl (C=O) groups excluding carboxylic acids is 1. The molecule has 0 bridgehead atoms. The minimum atomic E-state index is -3.64. The molecule has 164 valence electrons. The second kappa shape index (κ2) is 10.1. The number of aromatic nitrogens is 2. The van der Waals surface area contributed by atoms with E-state index in [0.29, 0.717) is 25.2 Å². The maximum atomic E-state index is 13.1. The second-order valence-electron chi connectivity index (χ2n) is 8.40. The zero-order valence-corrected chi connectivity index (χ0v) is 19.4. The fraction of sp³-hybridized carbons (Fsp3) is 0.478. The van der Waals surface area contributed by atoms with Crippen LogP contribution in [-0.4, -0.2) is 35.3 Å². The normalized spacial score (nSPS) is 11.8. The van der Waals surface area contributed by atoms with Crippen molar-refractivity contribution in [1.82, 2.24) is 14.5 Å². The standard InChI is InChI=1S/C23H33N3O3S/c1-7-12-25(22(27)13-17(2)3)15-21-14-24-23(26(21)18(4)5)30(28,29)16-20-10-8-19(6)9-11-20/h7-11,14,17-18H,1,12-13,15-16H2,2-6H3. The first-order valence-electron chi connectivity index (χ1n) is 10.3. The molecular weight excluding hydrogens is 398 g/mol. The van der Waals surface area contributed by atoms with Crippen LogP contribution in [0.3, 0.4) is 0 Å². The molecule has 0 N–H and O–H groups in total. The van der Waals surface area contributed by atoms with Crippen LogP contribution in [0, 0.1) is 12.8 Å². The molecule has 0 saturated heterocycles. The maximum absolute atomic E-state index is 13.1. The molecule has 0 aliphatic rings. The topological polar surface area (TPSA) is 72.3 Å². The zero-order chi connectivity index (χ0) is 22.5. The second-order valence-corrected chi connectivity index (χ2v) is 10.3. The number of carbonyl (C=O) groups is 1. The summed E-state index contributed by atoms with van der Waals surface area (Å²) >= 11 is 0. The highest BCUT2D eigenvalue weighted by atomic mass is 32.2. The Bertz CT molecular complexity index is 974. The monoisotopic (exact) mass is 431 g/mol. The highest BCUT2D eigenvalue weighted by Crippen LogP contribution is 2.23. The first kappa shape index (κ1) is 23.9. The van der Waals surface area contributed by atoms with Crippen molar-refractivity contribution < 1.29 is 13.2 Å². The average Bonchev–Trinajstić information content (AvgIpc) is 3.07. The molecular formula is C23H33N3O3S. The lowest BCUT2D eigenvalue weighted by Gasteiger charge is -2.24. The van der Waals surface area contributed by atoms with Gasteiger partial charge in [0, 0.05) is 19.0 Å². The van der Waals surface area contributed by atoms with Gasteiger partial charge in [0.05, 0.1) is 24.2 Å². The maximum Gasteiger partial charge on any atom is 0.228 e. The van der Waals surface area contributed by atoms with Crippen molar-refractivity contribution in [2.45, 2.75) is 64.5 Å². The molecule has 2 aromatic rings. The molecule has 30 heavy (non-hydrogen) atoms. The predicted octanol–water partition coefficient (Wildman–Crippen LogP) is 4.31. The molecule has 0 aliphatic carbocycles. The van der Waals surface area contributed by atoms with Gasteiger partial charge in [-0.05, 0) is 32.3 Å². The molecule has 0 atom stereocenters. The Morgan fingerprint density at radius 1 is 1.20 bits per heavy atom. The zero-order valence-electron chi connectivity index (χ0n) is 18.6. The van der Waals surface area contributed by atoms with Gasteiger partial charge in [0.2, 0.25) is 20.9 Å². The van der Waals surface area contributed by atoms with E-state index in [1.165, 1.54) is 0 Å². The summed E-state index contributed by atoms with van der Waals surface area (Å²) in [6, 6.07) is 7.34. The van der Waals surface area contributed by atoms with Gasteiger partial charge >= 0.3 is 0 Å². The fourth-order valence-electron chi connectivity index (χ4n) is 3.33. The summed E-state index contributed by atoms with van der Waals surface area (Å²) in [4.78, 5) is 18.6. The van der Waals surface area contributed by atoms with Crippen LogP contribution in [-0.2, 0) is 26.9 Å². The molecule has 0 spiro atoms. The smallest absolute Gasteiger partial charge is 0.228 e. The van der Waals surface area contributed by atoms with Crippen molar-refractivity contribution in [3.8, 4) is 0 Å². The minimum absolute atomic E-state index is 0.0190. The van der Waals surface area contributed by atoms with Gasteiger partial charge in [-0.15, -0.1) is 6.58 Å². The Balaban J connectivity index is 2.36. The fourth-order valence-corrected chi connectivity index (χ4v) is 4.93. The molecule has 7 heteroatoms. The molecule has 2 rings (SSSR count). The Kier molecular flexibility index (Phi) is 8.01. The number of benzene rings is 1. The number of sulfone groups is 1. The third-order valence-corrected chi connectivity index (χ3v) is 6.32. The highest BCUT2D eigenvalue weighted by molar-refractivity contribution is 7.90. The van der Waals surface area contributed by atoms with Crippen molar-refractivity contribution in [3.05, 3.63) is 59.9 Å². The molecule has 6 nitrogen and oxygen atoms in total. The lowest BCUT2D eigenvalue weighted by atomic mass is 10.1. The summed E-state index contributed by atoms with van der Waals surface area (Å²) in [6.45, 7) is 14.2. The summed E-state index contributed by atoms with van der Waals surface area (Å²) in [5, 5.41) is 0.0444. The van der Waals surface area contributed by atoms with E-state index in [1.807, 2.05) is 58.9 Å². The Morgan fingerprint density at radius 2 is 1.83 bits per heavy atom. The van der Waals surface area contributed by atoms with Crippen LogP contribution >= 0.6 is 0 Å². The molecule has 1 amide bonds. The van der Waals surface area contributed by atoms with Crippen LogP contribution in [0.2, 0.25) is 0 Å². The van der Waals surface area contributed by atoms with E-state index in [1.54, 1.807) is 21.7 Å². The number of imidazole rings is 1. The number of aryl methyl sites for hydroxylation is 1. The summed E-state index contributed by atoms with van der Waals surface area (Å²) in [7, 11) is -3.64. The van der Waals surface area contributed by atoms with Crippen LogP contribution in [0.15, 0.2) is 48.3 Å². The van der Waals surface area contributed by atoms with Gasteiger partial charge < -0.3 is 9.47 Å². The van der Waals surface area contributed by atoms with Gasteiger partial charge in [0.15, 0.2) is 0 Å². The number of nitrogens with zero attached hydrogens (tertiary/aromatic N) is 3. The first-order valence-corrected chi connectivity index (χ1v) is 11.9. The quantitative estimate of drug-likeness (QED) is 0.526. The number of amides is 1. The van der Waals surface area contributed by atoms with Crippen LogP contribution in [0.25, 0.3) is 0 Å². The van der Waals surface area contributed by atoms with E-state index in [9.17, 15) is 13.2 Å². The summed E-state index contributed by atoms with van der Waals surface area (Å²) in [5.41, 5.74) is 2.50. The summed E-state index contributed by atoms with van der Waals surface area (Å²) in [6.07, 6.45) is 3.69. The average molecular weight is 432 g/mol. The SMILES string of the molecule is C=CCN(Cc1cnc(S(=O)(=O)Cc2ccc(C)cc2)n1C(C)C)C(=O)CC(C)C. The summed E-state index contributed by atoms with van der Waals surface area (Å²) in [5.74, 6) is 0.148. The largest absolute Gasteiger partial charge is 0.333 e. The molecule has 0 saturated carbocycles. The van der Waals surface area contributed by atoms with Gasteiger partial charge in [-0.25, -0.2) is 13.4 Å². The molecule has 0 aliphatic heterocycles. The molecule has 1 aromatic heterocycles. The van der Waals surface area contributed by atoms with Crippen molar-refractivity contribution in [3.63, 3.8) is 0 Å². The van der Waals surface area contributed by atoms with Gasteiger partial charge in [0.1, 0.15) is 0 Å². The first-order chi connectivity index (χ1) is 14.0.